The van der Waals surface area contributed by atoms with Crippen molar-refractivity contribution in [3.8, 4) is 22.6 Å². The first-order valence-corrected chi connectivity index (χ1v) is 12.1. The fourth-order valence-corrected chi connectivity index (χ4v) is 4.36. The van der Waals surface area contributed by atoms with E-state index in [1.54, 1.807) is 0 Å². The molecule has 0 amide bonds. The van der Waals surface area contributed by atoms with Gasteiger partial charge in [0.2, 0.25) is 0 Å². The van der Waals surface area contributed by atoms with Gasteiger partial charge in [0.1, 0.15) is 11.5 Å². The zero-order chi connectivity index (χ0) is 23.2. The van der Waals surface area contributed by atoms with E-state index in [4.69, 9.17) is 4.74 Å². The summed E-state index contributed by atoms with van der Waals surface area (Å²) in [5, 5.41) is 0. The van der Waals surface area contributed by atoms with E-state index in [1.165, 1.54) is 44.5 Å². The van der Waals surface area contributed by atoms with Gasteiger partial charge in [-0.05, 0) is 103 Å². The van der Waals surface area contributed by atoms with E-state index in [1.807, 2.05) is 12.1 Å². The first kappa shape index (κ1) is 22.9. The van der Waals surface area contributed by atoms with Crippen molar-refractivity contribution in [1.82, 2.24) is 0 Å². The molecule has 0 saturated carbocycles. The number of hydrogen-bond acceptors (Lipinski definition) is 1. The Morgan fingerprint density at radius 2 is 1.12 bits per heavy atom. The van der Waals surface area contributed by atoms with E-state index in [9.17, 15) is 0 Å². The highest BCUT2D eigenvalue weighted by Crippen LogP contribution is 2.27. The molecule has 0 aliphatic heterocycles. The van der Waals surface area contributed by atoms with Gasteiger partial charge in [-0.15, -0.1) is 0 Å². The first-order valence-electron chi connectivity index (χ1n) is 12.1. The molecule has 0 aliphatic carbocycles. The Kier molecular flexibility index (Phi) is 7.29. The molecule has 0 unspecified atom stereocenters. The Hall–Kier alpha value is -3.32. The molecule has 4 aromatic carbocycles. The highest BCUT2D eigenvalue weighted by Gasteiger charge is 2.07. The predicted octanol–water partition coefficient (Wildman–Crippen LogP) is 8.67. The van der Waals surface area contributed by atoms with Crippen LogP contribution in [0.15, 0.2) is 84.9 Å². The quantitative estimate of drug-likeness (QED) is 0.269. The molecule has 0 aliphatic rings. The molecule has 0 aromatic heterocycles. The molecule has 0 spiro atoms. The lowest BCUT2D eigenvalue weighted by atomic mass is 9.92. The lowest BCUT2D eigenvalue weighted by Gasteiger charge is -2.13. The fraction of sp³-hybridized carbons (Fsp3) is 0.250. The van der Waals surface area contributed by atoms with Gasteiger partial charge in [-0.25, -0.2) is 0 Å². The SMILES string of the molecule is CCc1cc(-c2ccc(CCc3ccc(Oc4ccc(C)cc4)cc3)c(CC)c2)ccc1C. The van der Waals surface area contributed by atoms with Crippen LogP contribution in [0.2, 0.25) is 0 Å². The third-order valence-electron chi connectivity index (χ3n) is 6.51. The Morgan fingerprint density at radius 3 is 1.76 bits per heavy atom. The van der Waals surface area contributed by atoms with Crippen molar-refractivity contribution in [3.05, 3.63) is 118 Å². The smallest absolute Gasteiger partial charge is 0.127 e. The van der Waals surface area contributed by atoms with Crippen LogP contribution in [-0.2, 0) is 25.7 Å². The molecule has 0 heterocycles. The van der Waals surface area contributed by atoms with Gasteiger partial charge < -0.3 is 4.74 Å². The molecular weight excluding hydrogens is 400 g/mol. The van der Waals surface area contributed by atoms with Crippen LogP contribution in [0.1, 0.15) is 47.2 Å². The topological polar surface area (TPSA) is 9.23 Å². The number of benzene rings is 4. The second-order valence-electron chi connectivity index (χ2n) is 8.89. The van der Waals surface area contributed by atoms with Crippen LogP contribution in [0.5, 0.6) is 11.5 Å². The molecule has 0 fully saturated rings. The predicted molar refractivity (Wildman–Crippen MR) is 140 cm³/mol. The minimum atomic E-state index is 0.876. The van der Waals surface area contributed by atoms with Crippen molar-refractivity contribution in [3.63, 3.8) is 0 Å². The first-order chi connectivity index (χ1) is 16.1. The zero-order valence-electron chi connectivity index (χ0n) is 20.3. The van der Waals surface area contributed by atoms with Crippen molar-refractivity contribution in [1.29, 1.82) is 0 Å². The lowest BCUT2D eigenvalue weighted by Crippen LogP contribution is -1.98. The molecule has 4 rings (SSSR count). The lowest BCUT2D eigenvalue weighted by molar-refractivity contribution is 0.482. The second-order valence-corrected chi connectivity index (χ2v) is 8.89. The summed E-state index contributed by atoms with van der Waals surface area (Å²) in [6.45, 7) is 8.77. The summed E-state index contributed by atoms with van der Waals surface area (Å²) in [6.07, 6.45) is 4.21. The van der Waals surface area contributed by atoms with Gasteiger partial charge in [0, 0.05) is 0 Å². The van der Waals surface area contributed by atoms with E-state index >= 15 is 0 Å². The van der Waals surface area contributed by atoms with Crippen LogP contribution in [0.4, 0.5) is 0 Å². The Labute approximate surface area is 199 Å². The van der Waals surface area contributed by atoms with Gasteiger partial charge in [0.05, 0.1) is 0 Å². The van der Waals surface area contributed by atoms with Gasteiger partial charge in [0.25, 0.3) is 0 Å². The number of aryl methyl sites for hydroxylation is 6. The van der Waals surface area contributed by atoms with Gasteiger partial charge in [-0.2, -0.15) is 0 Å². The monoisotopic (exact) mass is 434 g/mol. The van der Waals surface area contributed by atoms with Crippen molar-refractivity contribution in [2.24, 2.45) is 0 Å². The normalized spacial score (nSPS) is 10.9. The maximum atomic E-state index is 5.97. The number of hydrogen-bond donors (Lipinski definition) is 0. The van der Waals surface area contributed by atoms with Crippen molar-refractivity contribution < 1.29 is 4.74 Å². The zero-order valence-corrected chi connectivity index (χ0v) is 20.3. The van der Waals surface area contributed by atoms with Gasteiger partial charge in [0.15, 0.2) is 0 Å². The largest absolute Gasteiger partial charge is 0.457 e. The third-order valence-corrected chi connectivity index (χ3v) is 6.51. The van der Waals surface area contributed by atoms with Crippen LogP contribution in [0, 0.1) is 13.8 Å². The molecular formula is C32H34O. The summed E-state index contributed by atoms with van der Waals surface area (Å²) in [6, 6.07) is 30.5. The van der Waals surface area contributed by atoms with Gasteiger partial charge in [-0.1, -0.05) is 80.1 Å². The molecule has 0 N–H and O–H groups in total. The molecule has 1 heteroatoms. The maximum absolute atomic E-state index is 5.97. The molecule has 0 atom stereocenters. The fourth-order valence-electron chi connectivity index (χ4n) is 4.36. The maximum Gasteiger partial charge on any atom is 0.127 e. The highest BCUT2D eigenvalue weighted by molar-refractivity contribution is 5.66. The second kappa shape index (κ2) is 10.5. The molecule has 0 saturated heterocycles. The summed E-state index contributed by atoms with van der Waals surface area (Å²) in [5.74, 6) is 1.76. The molecule has 4 aromatic rings. The summed E-state index contributed by atoms with van der Waals surface area (Å²) < 4.78 is 5.97. The summed E-state index contributed by atoms with van der Waals surface area (Å²) in [5.41, 5.74) is 10.9. The highest BCUT2D eigenvalue weighted by atomic mass is 16.5. The van der Waals surface area contributed by atoms with E-state index in [0.717, 1.165) is 37.2 Å². The summed E-state index contributed by atoms with van der Waals surface area (Å²) in [4.78, 5) is 0. The van der Waals surface area contributed by atoms with E-state index in [-0.39, 0.29) is 0 Å². The molecule has 0 bridgehead atoms. The minimum absolute atomic E-state index is 0.876. The van der Waals surface area contributed by atoms with Crippen molar-refractivity contribution in [2.45, 2.75) is 53.4 Å². The van der Waals surface area contributed by atoms with Gasteiger partial charge in [-0.3, -0.25) is 0 Å². The van der Waals surface area contributed by atoms with E-state index < -0.39 is 0 Å². The van der Waals surface area contributed by atoms with Crippen LogP contribution < -0.4 is 4.74 Å². The molecule has 33 heavy (non-hydrogen) atoms. The average Bonchev–Trinajstić information content (AvgIpc) is 2.85. The Morgan fingerprint density at radius 1 is 0.545 bits per heavy atom. The van der Waals surface area contributed by atoms with Crippen molar-refractivity contribution in [2.75, 3.05) is 0 Å². The van der Waals surface area contributed by atoms with Crippen LogP contribution >= 0.6 is 0 Å². The number of rotatable bonds is 8. The standard InChI is InChI=1S/C32H34O/c1-5-26-21-29(13-9-24(26)4)30-16-15-28(27(6-2)22-30)14-10-25-11-19-32(20-12-25)33-31-17-7-23(3)8-18-31/h7-9,11-13,15-22H,5-6,10,14H2,1-4H3. The molecule has 0 radical (unpaired) electrons. The number of ether oxygens (including phenoxy) is 1. The van der Waals surface area contributed by atoms with Gasteiger partial charge >= 0.3 is 0 Å². The van der Waals surface area contributed by atoms with E-state index in [0.29, 0.717) is 0 Å². The van der Waals surface area contributed by atoms with Crippen LogP contribution in [-0.4, -0.2) is 0 Å². The minimum Gasteiger partial charge on any atom is -0.457 e. The summed E-state index contributed by atoms with van der Waals surface area (Å²) in [7, 11) is 0. The average molecular weight is 435 g/mol. The Balaban J connectivity index is 1.43. The van der Waals surface area contributed by atoms with Crippen molar-refractivity contribution >= 4 is 0 Å². The van der Waals surface area contributed by atoms with E-state index in [2.05, 4.69) is 100 Å². The summed E-state index contributed by atoms with van der Waals surface area (Å²) >= 11 is 0. The molecule has 1 nitrogen and oxygen atoms in total. The van der Waals surface area contributed by atoms with Crippen LogP contribution in [0.3, 0.4) is 0 Å². The molecule has 168 valence electrons. The third kappa shape index (κ3) is 5.73. The van der Waals surface area contributed by atoms with Crippen LogP contribution in [0.25, 0.3) is 11.1 Å². The Bertz CT molecular complexity index is 1200.